The summed E-state index contributed by atoms with van der Waals surface area (Å²) in [6.45, 7) is 6.31. The first kappa shape index (κ1) is 35.4. The number of aliphatic carboxylic acids is 2. The highest BCUT2D eigenvalue weighted by Gasteiger charge is 2.53. The molecule has 1 fully saturated rings. The summed E-state index contributed by atoms with van der Waals surface area (Å²) in [6, 6.07) is 2.04. The maximum atomic E-state index is 14.8. The summed E-state index contributed by atoms with van der Waals surface area (Å²) in [5.74, 6) is -3.20. The average molecular weight is 657 g/mol. The summed E-state index contributed by atoms with van der Waals surface area (Å²) in [5, 5.41) is 15.9. The molecular formula is C26H29ClF4N2O7S2. The molecule has 1 aromatic carbocycles. The highest BCUT2D eigenvalue weighted by atomic mass is 35.5. The molecule has 2 aromatic rings. The van der Waals surface area contributed by atoms with Crippen LogP contribution in [0.3, 0.4) is 0 Å². The van der Waals surface area contributed by atoms with E-state index in [9.17, 15) is 41.8 Å². The van der Waals surface area contributed by atoms with Gasteiger partial charge in [0.1, 0.15) is 11.5 Å². The molecule has 0 saturated heterocycles. The predicted molar refractivity (Wildman–Crippen MR) is 151 cm³/mol. The van der Waals surface area contributed by atoms with E-state index in [-0.39, 0.29) is 36.2 Å². The third kappa shape index (κ3) is 8.40. The van der Waals surface area contributed by atoms with E-state index in [1.54, 1.807) is 6.92 Å². The maximum absolute atomic E-state index is 14.8. The molecule has 1 saturated carbocycles. The number of rotatable bonds is 9. The number of alkyl halides is 3. The van der Waals surface area contributed by atoms with E-state index in [2.05, 4.69) is 0 Å². The molecule has 3 rings (SSSR count). The van der Waals surface area contributed by atoms with Crippen molar-refractivity contribution in [1.82, 2.24) is 9.13 Å². The molecule has 1 aliphatic rings. The van der Waals surface area contributed by atoms with E-state index in [0.29, 0.717) is 18.6 Å². The highest BCUT2D eigenvalue weighted by molar-refractivity contribution is 8.16. The molecule has 0 radical (unpaired) electrons. The number of benzene rings is 1. The largest absolute Gasteiger partial charge is 0.481 e. The van der Waals surface area contributed by atoms with Crippen LogP contribution in [0.25, 0.3) is 5.69 Å². The van der Waals surface area contributed by atoms with Gasteiger partial charge in [0.15, 0.2) is 0 Å². The Kier molecular flexibility index (Phi) is 11.5. The van der Waals surface area contributed by atoms with Crippen molar-refractivity contribution in [3.63, 3.8) is 0 Å². The Labute approximate surface area is 251 Å². The summed E-state index contributed by atoms with van der Waals surface area (Å²) in [7, 11) is 0.809. The Hall–Kier alpha value is -2.78. The first-order valence-corrected chi connectivity index (χ1v) is 14.6. The average Bonchev–Trinajstić information content (AvgIpc) is 3.61. The van der Waals surface area contributed by atoms with Crippen molar-refractivity contribution in [2.45, 2.75) is 56.9 Å². The van der Waals surface area contributed by atoms with Gasteiger partial charge in [0.05, 0.1) is 21.9 Å². The smallest absolute Gasteiger partial charge is 0.431 e. The molecule has 0 bridgehead atoms. The van der Waals surface area contributed by atoms with E-state index in [1.165, 1.54) is 0 Å². The van der Waals surface area contributed by atoms with E-state index in [4.69, 9.17) is 21.5 Å². The van der Waals surface area contributed by atoms with Gasteiger partial charge in [-0.05, 0) is 43.2 Å². The van der Waals surface area contributed by atoms with E-state index < -0.39 is 63.1 Å². The lowest BCUT2D eigenvalue weighted by Gasteiger charge is -2.26. The third-order valence-electron chi connectivity index (χ3n) is 6.48. The van der Waals surface area contributed by atoms with Gasteiger partial charge in [0, 0.05) is 30.7 Å². The monoisotopic (exact) mass is 656 g/mol. The van der Waals surface area contributed by atoms with Gasteiger partial charge in [-0.25, -0.2) is 13.8 Å². The lowest BCUT2D eigenvalue weighted by atomic mass is 9.82. The molecular weight excluding hydrogens is 628 g/mol. The minimum atomic E-state index is -4.97. The summed E-state index contributed by atoms with van der Waals surface area (Å²) in [5.41, 5.74) is -5.35. The highest BCUT2D eigenvalue weighted by Crippen LogP contribution is 2.56. The first-order chi connectivity index (χ1) is 19.2. The molecule has 0 spiro atoms. The quantitative estimate of drug-likeness (QED) is 0.272. The number of thioether (sulfide) groups is 2. The number of carbonyl (C=O) groups excluding carboxylic acids is 1. The molecule has 0 amide bonds. The molecule has 1 aromatic heterocycles. The number of aromatic nitrogens is 2. The number of nitrogens with zero attached hydrogens (tertiary/aromatic N) is 2. The van der Waals surface area contributed by atoms with Crippen molar-refractivity contribution in [2.75, 3.05) is 5.75 Å². The second kappa shape index (κ2) is 13.7. The standard InChI is InChI=1S/C24H25ClF4N2O5S2.C2H4O2/c1-11(2)19(20(33)34)23(5-6-23)10-37-21(35)12(3)38-16-8-15(14(26)7-13(16)25)31-18(32)9-17(24(27,28)29)30(4)22(31)36;1-2(3)4/h7-9,11-12,19H,5-6,10H2,1-4H3,(H,33,34);1H3,(H,3,4). The number of carboxylic acid groups (broad SMARTS) is 2. The number of carbonyl (C=O) groups is 3. The Morgan fingerprint density at radius 3 is 2.10 bits per heavy atom. The van der Waals surface area contributed by atoms with Gasteiger partial charge in [-0.3, -0.25) is 23.7 Å². The second-order valence-corrected chi connectivity index (χ2v) is 12.9. The van der Waals surface area contributed by atoms with Gasteiger partial charge in [-0.1, -0.05) is 37.2 Å². The van der Waals surface area contributed by atoms with Gasteiger partial charge in [0.25, 0.3) is 11.5 Å². The van der Waals surface area contributed by atoms with Crippen LogP contribution < -0.4 is 11.2 Å². The first-order valence-electron chi connectivity index (χ1n) is 12.4. The normalized spacial score (nSPS) is 15.4. The maximum Gasteiger partial charge on any atom is 0.431 e. The van der Waals surface area contributed by atoms with Crippen LogP contribution in [0, 0.1) is 23.1 Å². The van der Waals surface area contributed by atoms with E-state index >= 15 is 0 Å². The van der Waals surface area contributed by atoms with Crippen molar-refractivity contribution >= 4 is 52.2 Å². The molecule has 232 valence electrons. The SMILES string of the molecule is CC(=O)O.CC(Sc1cc(-n2c(=O)cc(C(F)(F)F)n(C)c2=O)c(F)cc1Cl)C(=O)SCC1(C(C(=O)O)C(C)C)CC1. The summed E-state index contributed by atoms with van der Waals surface area (Å²) in [4.78, 5) is 58.8. The number of carboxylic acids is 2. The van der Waals surface area contributed by atoms with Crippen LogP contribution in [-0.4, -0.2) is 47.4 Å². The van der Waals surface area contributed by atoms with Crippen molar-refractivity contribution in [2.24, 2.45) is 24.3 Å². The third-order valence-corrected chi connectivity index (χ3v) is 9.57. The van der Waals surface area contributed by atoms with Gasteiger partial charge in [-0.15, -0.1) is 11.8 Å². The van der Waals surface area contributed by atoms with Crippen LogP contribution in [0.4, 0.5) is 17.6 Å². The molecule has 42 heavy (non-hydrogen) atoms. The van der Waals surface area contributed by atoms with Gasteiger partial charge >= 0.3 is 17.8 Å². The fraction of sp³-hybridized carbons (Fsp3) is 0.500. The Balaban J connectivity index is 0.00000144. The molecule has 2 N–H and O–H groups in total. The second-order valence-electron chi connectivity index (χ2n) is 10.1. The molecule has 2 unspecified atom stereocenters. The zero-order valence-corrected chi connectivity index (χ0v) is 25.5. The summed E-state index contributed by atoms with van der Waals surface area (Å²) >= 11 is 8.06. The van der Waals surface area contributed by atoms with Crippen molar-refractivity contribution in [1.29, 1.82) is 0 Å². The molecule has 0 aliphatic heterocycles. The van der Waals surface area contributed by atoms with Gasteiger partial charge in [-0.2, -0.15) is 13.2 Å². The van der Waals surface area contributed by atoms with Crippen LogP contribution in [0.5, 0.6) is 0 Å². The minimum Gasteiger partial charge on any atom is -0.481 e. The number of halogens is 5. The zero-order chi connectivity index (χ0) is 32.3. The molecule has 1 aliphatic carbocycles. The van der Waals surface area contributed by atoms with Gasteiger partial charge in [0.2, 0.25) is 5.12 Å². The number of hydrogen-bond acceptors (Lipinski definition) is 7. The summed E-state index contributed by atoms with van der Waals surface area (Å²) in [6.07, 6.45) is -3.57. The topological polar surface area (TPSA) is 136 Å². The van der Waals surface area contributed by atoms with Crippen molar-refractivity contribution in [3.05, 3.63) is 55.6 Å². The summed E-state index contributed by atoms with van der Waals surface area (Å²) < 4.78 is 54.7. The molecule has 16 heteroatoms. The van der Waals surface area contributed by atoms with Crippen molar-refractivity contribution < 1.29 is 42.2 Å². The van der Waals surface area contributed by atoms with Crippen LogP contribution in [0.1, 0.15) is 46.2 Å². The van der Waals surface area contributed by atoms with Crippen LogP contribution in [-0.2, 0) is 27.6 Å². The van der Waals surface area contributed by atoms with Crippen LogP contribution in [0.2, 0.25) is 5.02 Å². The molecule has 9 nitrogen and oxygen atoms in total. The van der Waals surface area contributed by atoms with E-state index in [0.717, 1.165) is 49.6 Å². The van der Waals surface area contributed by atoms with Gasteiger partial charge < -0.3 is 10.2 Å². The van der Waals surface area contributed by atoms with Crippen molar-refractivity contribution in [3.8, 4) is 5.69 Å². The van der Waals surface area contributed by atoms with Crippen LogP contribution >= 0.6 is 35.1 Å². The fourth-order valence-electron chi connectivity index (χ4n) is 4.43. The molecule has 1 heterocycles. The lowest BCUT2D eigenvalue weighted by Crippen LogP contribution is -2.41. The zero-order valence-electron chi connectivity index (χ0n) is 23.1. The number of hydrogen-bond donors (Lipinski definition) is 2. The van der Waals surface area contributed by atoms with Crippen LogP contribution in [0.15, 0.2) is 32.7 Å². The Bertz CT molecular complexity index is 1480. The lowest BCUT2D eigenvalue weighted by molar-refractivity contribution is -0.146. The Morgan fingerprint density at radius 2 is 1.64 bits per heavy atom. The van der Waals surface area contributed by atoms with E-state index in [1.807, 2.05) is 13.8 Å². The Morgan fingerprint density at radius 1 is 1.10 bits per heavy atom. The predicted octanol–water partition coefficient (Wildman–Crippen LogP) is 5.32. The molecule has 2 atom stereocenters. The fourth-order valence-corrected chi connectivity index (χ4v) is 7.02. The minimum absolute atomic E-state index is 0.102.